The van der Waals surface area contributed by atoms with E-state index in [4.69, 9.17) is 4.84 Å². The van der Waals surface area contributed by atoms with Crippen molar-refractivity contribution in [2.24, 2.45) is 5.92 Å². The first kappa shape index (κ1) is 18.4. The predicted molar refractivity (Wildman–Crippen MR) is 105 cm³/mol. The monoisotopic (exact) mass is 406 g/mol. The zero-order valence-corrected chi connectivity index (χ0v) is 15.6. The third kappa shape index (κ3) is 2.78. The first-order valence-electron chi connectivity index (χ1n) is 9.45. The number of imide groups is 1. The van der Waals surface area contributed by atoms with Crippen molar-refractivity contribution in [2.45, 2.75) is 12.1 Å². The summed E-state index contributed by atoms with van der Waals surface area (Å²) in [5.41, 5.74) is 1.16. The molecule has 7 heteroatoms. The highest BCUT2D eigenvalue weighted by molar-refractivity contribution is 6.24. The Balaban J connectivity index is 1.60. The van der Waals surface area contributed by atoms with Gasteiger partial charge in [-0.15, -0.1) is 0 Å². The Labute approximate surface area is 171 Å². The first-order valence-corrected chi connectivity index (χ1v) is 9.45. The van der Waals surface area contributed by atoms with Gasteiger partial charge in [0.05, 0.1) is 17.4 Å². The summed E-state index contributed by atoms with van der Waals surface area (Å²) in [6, 6.07) is 19.7. The molecule has 2 saturated heterocycles. The fraction of sp³-hybridized carbons (Fsp3) is 0.130. The highest BCUT2D eigenvalue weighted by Gasteiger charge is 2.60. The van der Waals surface area contributed by atoms with E-state index in [1.54, 1.807) is 30.3 Å². The Morgan fingerprint density at radius 1 is 0.767 bits per heavy atom. The second-order valence-electron chi connectivity index (χ2n) is 7.17. The fourth-order valence-electron chi connectivity index (χ4n) is 4.08. The molecule has 0 radical (unpaired) electrons. The van der Waals surface area contributed by atoms with E-state index in [0.29, 0.717) is 11.3 Å². The molecule has 2 heterocycles. The van der Waals surface area contributed by atoms with Crippen LogP contribution >= 0.6 is 0 Å². The summed E-state index contributed by atoms with van der Waals surface area (Å²) >= 11 is 0. The molecule has 3 aromatic rings. The molecule has 3 aromatic carbocycles. The molecule has 0 aliphatic carbocycles. The molecule has 5 nitrogen and oxygen atoms in total. The van der Waals surface area contributed by atoms with Crippen molar-refractivity contribution < 1.29 is 23.2 Å². The van der Waals surface area contributed by atoms with Crippen LogP contribution in [0.5, 0.6) is 0 Å². The highest BCUT2D eigenvalue weighted by atomic mass is 19.1. The molecule has 3 atom stereocenters. The van der Waals surface area contributed by atoms with Gasteiger partial charge in [0.1, 0.15) is 17.6 Å². The summed E-state index contributed by atoms with van der Waals surface area (Å²) in [4.78, 5) is 33.2. The first-order chi connectivity index (χ1) is 14.6. The quantitative estimate of drug-likeness (QED) is 0.617. The Bertz CT molecular complexity index is 1120. The third-order valence-electron chi connectivity index (χ3n) is 5.43. The van der Waals surface area contributed by atoms with Gasteiger partial charge in [0.25, 0.3) is 5.91 Å². The lowest BCUT2D eigenvalue weighted by Crippen LogP contribution is -2.37. The van der Waals surface area contributed by atoms with Crippen LogP contribution in [0.1, 0.15) is 11.6 Å². The van der Waals surface area contributed by atoms with Gasteiger partial charge in [-0.1, -0.05) is 42.5 Å². The third-order valence-corrected chi connectivity index (χ3v) is 5.43. The molecule has 3 unspecified atom stereocenters. The number of benzene rings is 3. The lowest BCUT2D eigenvalue weighted by molar-refractivity contribution is -0.126. The molecule has 0 spiro atoms. The number of amides is 2. The van der Waals surface area contributed by atoms with Gasteiger partial charge in [-0.25, -0.2) is 18.7 Å². The minimum atomic E-state index is -1.10. The number of halogens is 2. The zero-order valence-electron chi connectivity index (χ0n) is 15.6. The topological polar surface area (TPSA) is 49.9 Å². The normalized spacial score (nSPS) is 23.2. The van der Waals surface area contributed by atoms with Gasteiger partial charge in [0.15, 0.2) is 6.10 Å². The molecule has 150 valence electrons. The SMILES string of the molecule is O=C1C2ON(c3ccccc3)C(c3ccc(F)cc3)C2C(=O)N1c1ccccc1F. The van der Waals surface area contributed by atoms with E-state index >= 15 is 0 Å². The Morgan fingerprint density at radius 3 is 2.13 bits per heavy atom. The van der Waals surface area contributed by atoms with Crippen LogP contribution in [0.15, 0.2) is 78.9 Å². The second-order valence-corrected chi connectivity index (χ2v) is 7.17. The number of hydrogen-bond acceptors (Lipinski definition) is 4. The zero-order chi connectivity index (χ0) is 20.8. The van der Waals surface area contributed by atoms with Gasteiger partial charge in [-0.2, -0.15) is 0 Å². The molecule has 0 bridgehead atoms. The van der Waals surface area contributed by atoms with Crippen molar-refractivity contribution in [1.29, 1.82) is 0 Å². The van der Waals surface area contributed by atoms with Crippen LogP contribution in [-0.4, -0.2) is 17.9 Å². The maximum absolute atomic E-state index is 14.3. The molecule has 5 rings (SSSR count). The van der Waals surface area contributed by atoms with Crippen LogP contribution in [0.3, 0.4) is 0 Å². The lowest BCUT2D eigenvalue weighted by atomic mass is 9.90. The minimum absolute atomic E-state index is 0.102. The largest absolute Gasteiger partial charge is 0.273 e. The Kier molecular flexibility index (Phi) is 4.33. The number of nitrogens with zero attached hydrogens (tertiary/aromatic N) is 2. The van der Waals surface area contributed by atoms with Crippen molar-refractivity contribution in [1.82, 2.24) is 0 Å². The average Bonchev–Trinajstić information content (AvgIpc) is 3.26. The van der Waals surface area contributed by atoms with E-state index in [9.17, 15) is 18.4 Å². The van der Waals surface area contributed by atoms with Gasteiger partial charge >= 0.3 is 0 Å². The number of para-hydroxylation sites is 2. The maximum atomic E-state index is 14.3. The van der Waals surface area contributed by atoms with Crippen LogP contribution in [0.2, 0.25) is 0 Å². The molecule has 0 saturated carbocycles. The average molecular weight is 406 g/mol. The molecular weight excluding hydrogens is 390 g/mol. The van der Waals surface area contributed by atoms with E-state index in [1.807, 2.05) is 18.2 Å². The number of fused-ring (bicyclic) bond motifs is 1. The number of rotatable bonds is 3. The van der Waals surface area contributed by atoms with Crippen LogP contribution in [0.25, 0.3) is 0 Å². The predicted octanol–water partition coefficient (Wildman–Crippen LogP) is 4.02. The number of anilines is 2. The summed E-state index contributed by atoms with van der Waals surface area (Å²) in [5.74, 6) is -3.16. The van der Waals surface area contributed by atoms with E-state index in [1.165, 1.54) is 35.4 Å². The summed E-state index contributed by atoms with van der Waals surface area (Å²) in [5, 5.41) is 1.51. The summed E-state index contributed by atoms with van der Waals surface area (Å²) in [7, 11) is 0. The molecule has 0 aromatic heterocycles. The Morgan fingerprint density at radius 2 is 1.43 bits per heavy atom. The molecular formula is C23H16F2N2O3. The maximum Gasteiger partial charge on any atom is 0.266 e. The smallest absolute Gasteiger partial charge is 0.266 e. The van der Waals surface area contributed by atoms with E-state index in [2.05, 4.69) is 0 Å². The summed E-state index contributed by atoms with van der Waals surface area (Å²) in [6.07, 6.45) is -1.10. The van der Waals surface area contributed by atoms with Crippen LogP contribution in [0.4, 0.5) is 20.2 Å². The van der Waals surface area contributed by atoms with Crippen molar-refractivity contribution in [3.63, 3.8) is 0 Å². The molecule has 30 heavy (non-hydrogen) atoms. The van der Waals surface area contributed by atoms with Gasteiger partial charge in [-0.3, -0.25) is 14.4 Å². The van der Waals surface area contributed by atoms with Crippen molar-refractivity contribution in [3.8, 4) is 0 Å². The van der Waals surface area contributed by atoms with Crippen LogP contribution in [0, 0.1) is 17.6 Å². The summed E-state index contributed by atoms with van der Waals surface area (Å²) in [6.45, 7) is 0. The van der Waals surface area contributed by atoms with E-state index in [-0.39, 0.29) is 5.69 Å². The van der Waals surface area contributed by atoms with Crippen molar-refractivity contribution in [2.75, 3.05) is 9.96 Å². The van der Waals surface area contributed by atoms with Crippen molar-refractivity contribution in [3.05, 3.63) is 96.1 Å². The van der Waals surface area contributed by atoms with Crippen molar-refractivity contribution >= 4 is 23.2 Å². The number of hydrogen-bond donors (Lipinski definition) is 0. The minimum Gasteiger partial charge on any atom is -0.273 e. The van der Waals surface area contributed by atoms with E-state index < -0.39 is 41.5 Å². The second kappa shape index (κ2) is 7.03. The van der Waals surface area contributed by atoms with Gasteiger partial charge < -0.3 is 0 Å². The highest BCUT2D eigenvalue weighted by Crippen LogP contribution is 2.47. The van der Waals surface area contributed by atoms with Crippen LogP contribution < -0.4 is 9.96 Å². The van der Waals surface area contributed by atoms with Crippen LogP contribution in [-0.2, 0) is 14.4 Å². The molecule has 0 N–H and O–H groups in total. The number of carbonyl (C=O) groups is 2. The molecule has 2 fully saturated rings. The number of carbonyl (C=O) groups excluding carboxylic acids is 2. The number of hydroxylamine groups is 1. The van der Waals surface area contributed by atoms with E-state index in [0.717, 1.165) is 4.90 Å². The summed E-state index contributed by atoms with van der Waals surface area (Å²) < 4.78 is 27.8. The standard InChI is InChI=1S/C23H16F2N2O3/c24-15-12-10-14(11-13-15)20-19-21(30-27(20)16-6-2-1-3-7-16)23(29)26(22(19)28)18-9-5-4-8-17(18)25/h1-13,19-21H. The molecule has 2 aliphatic heterocycles. The Hall–Kier alpha value is -3.58. The van der Waals surface area contributed by atoms with Gasteiger partial charge in [0.2, 0.25) is 5.91 Å². The lowest BCUT2D eigenvalue weighted by Gasteiger charge is -2.28. The molecule has 2 aliphatic rings. The van der Waals surface area contributed by atoms with Gasteiger partial charge in [-0.05, 0) is 42.0 Å². The fourth-order valence-corrected chi connectivity index (χ4v) is 4.08. The van der Waals surface area contributed by atoms with Gasteiger partial charge in [0, 0.05) is 0 Å². The molecule has 2 amide bonds.